The number of nitrogens with one attached hydrogen (secondary N) is 1. The molecule has 0 amide bonds. The molecule has 20 heavy (non-hydrogen) atoms. The molecule has 0 spiro atoms. The average molecular weight is 284 g/mol. The summed E-state index contributed by atoms with van der Waals surface area (Å²) < 4.78 is 5.66. The molecule has 3 nitrogen and oxygen atoms in total. The zero-order valence-electron chi connectivity index (χ0n) is 14.5. The fourth-order valence-corrected chi connectivity index (χ4v) is 3.39. The first-order valence-corrected chi connectivity index (χ1v) is 8.37. The summed E-state index contributed by atoms with van der Waals surface area (Å²) in [5.41, 5.74) is 0.506. The van der Waals surface area contributed by atoms with Gasteiger partial charge in [0.15, 0.2) is 0 Å². The quantitative estimate of drug-likeness (QED) is 0.741. The Kier molecular flexibility index (Phi) is 7.49. The Morgan fingerprint density at radius 2 is 2.05 bits per heavy atom. The van der Waals surface area contributed by atoms with Crippen molar-refractivity contribution in [2.24, 2.45) is 11.3 Å². The fraction of sp³-hybridized carbons (Fsp3) is 1.00. The van der Waals surface area contributed by atoms with Crippen molar-refractivity contribution in [2.45, 2.75) is 66.0 Å². The molecule has 2 unspecified atom stereocenters. The summed E-state index contributed by atoms with van der Waals surface area (Å²) in [5.74, 6) is 0.766. The predicted molar refractivity (Wildman–Crippen MR) is 87.2 cm³/mol. The maximum absolute atomic E-state index is 5.66. The van der Waals surface area contributed by atoms with Crippen LogP contribution < -0.4 is 5.32 Å². The van der Waals surface area contributed by atoms with Crippen molar-refractivity contribution in [3.8, 4) is 0 Å². The zero-order chi connectivity index (χ0) is 15.2. The van der Waals surface area contributed by atoms with Crippen molar-refractivity contribution in [2.75, 3.05) is 33.3 Å². The second-order valence-corrected chi connectivity index (χ2v) is 7.51. The van der Waals surface area contributed by atoms with Crippen LogP contribution in [0.2, 0.25) is 0 Å². The Balaban J connectivity index is 2.43. The van der Waals surface area contributed by atoms with Gasteiger partial charge in [0.2, 0.25) is 0 Å². The number of nitrogens with zero attached hydrogens (tertiary/aromatic N) is 1. The van der Waals surface area contributed by atoms with E-state index in [1.165, 1.54) is 25.8 Å². The lowest BCUT2D eigenvalue weighted by molar-refractivity contribution is 0.0520. The van der Waals surface area contributed by atoms with E-state index in [0.29, 0.717) is 17.6 Å². The van der Waals surface area contributed by atoms with Crippen LogP contribution in [0, 0.1) is 11.3 Å². The first kappa shape index (κ1) is 17.9. The van der Waals surface area contributed by atoms with Gasteiger partial charge in [0.25, 0.3) is 0 Å². The second kappa shape index (κ2) is 8.35. The summed E-state index contributed by atoms with van der Waals surface area (Å²) in [7, 11) is 2.23. The predicted octanol–water partition coefficient (Wildman–Crippen LogP) is 3.15. The fourth-order valence-electron chi connectivity index (χ4n) is 3.39. The van der Waals surface area contributed by atoms with Gasteiger partial charge < -0.3 is 15.0 Å². The van der Waals surface area contributed by atoms with E-state index in [-0.39, 0.29) is 0 Å². The van der Waals surface area contributed by atoms with Crippen molar-refractivity contribution in [3.63, 3.8) is 0 Å². The van der Waals surface area contributed by atoms with Crippen molar-refractivity contribution in [3.05, 3.63) is 0 Å². The van der Waals surface area contributed by atoms with Crippen LogP contribution in [-0.4, -0.2) is 50.3 Å². The molecule has 1 aliphatic rings. The standard InChI is InChI=1S/C17H36N2O/c1-7-18-16-8-9-17(4,5)12-15(16)13-19(6)10-11-20-14(2)3/h14-16,18H,7-13H2,1-6H3. The smallest absolute Gasteiger partial charge is 0.0596 e. The normalized spacial score (nSPS) is 26.4. The van der Waals surface area contributed by atoms with E-state index in [4.69, 9.17) is 4.74 Å². The Labute approximate surface area is 126 Å². The first-order chi connectivity index (χ1) is 9.34. The molecule has 120 valence electrons. The van der Waals surface area contributed by atoms with Crippen LogP contribution >= 0.6 is 0 Å². The highest BCUT2D eigenvalue weighted by molar-refractivity contribution is 4.89. The van der Waals surface area contributed by atoms with Gasteiger partial charge in [-0.2, -0.15) is 0 Å². The second-order valence-electron chi connectivity index (χ2n) is 7.51. The molecule has 1 fully saturated rings. The van der Waals surface area contributed by atoms with Gasteiger partial charge in [-0.15, -0.1) is 0 Å². The van der Waals surface area contributed by atoms with Gasteiger partial charge in [-0.05, 0) is 58.0 Å². The van der Waals surface area contributed by atoms with Crippen LogP contribution in [0.5, 0.6) is 0 Å². The molecule has 1 saturated carbocycles. The number of ether oxygens (including phenoxy) is 1. The van der Waals surface area contributed by atoms with Crippen LogP contribution in [-0.2, 0) is 4.74 Å². The van der Waals surface area contributed by atoms with E-state index in [1.807, 2.05) is 0 Å². The SMILES string of the molecule is CCNC1CCC(C)(C)CC1CN(C)CCOC(C)C. The van der Waals surface area contributed by atoms with Gasteiger partial charge in [-0.3, -0.25) is 0 Å². The Bertz CT molecular complexity index is 266. The summed E-state index contributed by atoms with van der Waals surface area (Å²) >= 11 is 0. The maximum Gasteiger partial charge on any atom is 0.0596 e. The lowest BCUT2D eigenvalue weighted by Crippen LogP contribution is -2.47. The molecule has 2 atom stereocenters. The monoisotopic (exact) mass is 284 g/mol. The van der Waals surface area contributed by atoms with E-state index in [2.05, 4.69) is 51.9 Å². The van der Waals surface area contributed by atoms with E-state index in [1.54, 1.807) is 0 Å². The molecule has 0 aliphatic heterocycles. The molecule has 0 aromatic carbocycles. The number of likely N-dealkylation sites (N-methyl/N-ethyl adjacent to an activating group) is 1. The van der Waals surface area contributed by atoms with Gasteiger partial charge >= 0.3 is 0 Å². The number of hydrogen-bond acceptors (Lipinski definition) is 3. The third-order valence-electron chi connectivity index (χ3n) is 4.45. The van der Waals surface area contributed by atoms with Crippen LogP contribution in [0.15, 0.2) is 0 Å². The van der Waals surface area contributed by atoms with E-state index >= 15 is 0 Å². The van der Waals surface area contributed by atoms with Crippen molar-refractivity contribution in [1.82, 2.24) is 10.2 Å². The lowest BCUT2D eigenvalue weighted by atomic mass is 9.69. The first-order valence-electron chi connectivity index (χ1n) is 8.37. The topological polar surface area (TPSA) is 24.5 Å². The minimum Gasteiger partial charge on any atom is -0.377 e. The van der Waals surface area contributed by atoms with Gasteiger partial charge in [0.05, 0.1) is 12.7 Å². The molecule has 0 aromatic heterocycles. The molecular weight excluding hydrogens is 248 g/mol. The van der Waals surface area contributed by atoms with Crippen LogP contribution in [0.4, 0.5) is 0 Å². The van der Waals surface area contributed by atoms with Gasteiger partial charge in [-0.25, -0.2) is 0 Å². The third-order valence-corrected chi connectivity index (χ3v) is 4.45. The number of rotatable bonds is 8. The molecule has 0 saturated heterocycles. The minimum absolute atomic E-state index is 0.339. The summed E-state index contributed by atoms with van der Waals surface area (Å²) in [6, 6.07) is 0.696. The molecular formula is C17H36N2O. The van der Waals surface area contributed by atoms with Crippen LogP contribution in [0.1, 0.15) is 53.9 Å². The van der Waals surface area contributed by atoms with Crippen molar-refractivity contribution < 1.29 is 4.74 Å². The minimum atomic E-state index is 0.339. The molecule has 1 rings (SSSR count). The summed E-state index contributed by atoms with van der Waals surface area (Å²) in [5, 5.41) is 3.69. The van der Waals surface area contributed by atoms with Gasteiger partial charge in [-0.1, -0.05) is 20.8 Å². The third kappa shape index (κ3) is 6.55. The Morgan fingerprint density at radius 3 is 2.65 bits per heavy atom. The number of hydrogen-bond donors (Lipinski definition) is 1. The summed E-state index contributed by atoms with van der Waals surface area (Å²) in [6.07, 6.45) is 4.34. The van der Waals surface area contributed by atoms with E-state index in [9.17, 15) is 0 Å². The Morgan fingerprint density at radius 1 is 1.35 bits per heavy atom. The summed E-state index contributed by atoms with van der Waals surface area (Å²) in [6.45, 7) is 15.4. The molecule has 1 N–H and O–H groups in total. The highest BCUT2D eigenvalue weighted by atomic mass is 16.5. The van der Waals surface area contributed by atoms with Crippen LogP contribution in [0.25, 0.3) is 0 Å². The Hall–Kier alpha value is -0.120. The van der Waals surface area contributed by atoms with Gasteiger partial charge in [0.1, 0.15) is 0 Å². The van der Waals surface area contributed by atoms with Gasteiger partial charge in [0, 0.05) is 19.1 Å². The summed E-state index contributed by atoms with van der Waals surface area (Å²) in [4.78, 5) is 2.44. The molecule has 3 heteroatoms. The van der Waals surface area contributed by atoms with E-state index < -0.39 is 0 Å². The molecule has 0 aromatic rings. The molecule has 0 radical (unpaired) electrons. The largest absolute Gasteiger partial charge is 0.377 e. The molecule has 0 heterocycles. The lowest BCUT2D eigenvalue weighted by Gasteiger charge is -2.42. The van der Waals surface area contributed by atoms with E-state index in [0.717, 1.165) is 25.6 Å². The molecule has 0 bridgehead atoms. The highest BCUT2D eigenvalue weighted by Gasteiger charge is 2.34. The van der Waals surface area contributed by atoms with Crippen molar-refractivity contribution >= 4 is 0 Å². The molecule has 1 aliphatic carbocycles. The van der Waals surface area contributed by atoms with Crippen molar-refractivity contribution in [1.29, 1.82) is 0 Å². The average Bonchev–Trinajstić information content (AvgIpc) is 2.31. The maximum atomic E-state index is 5.66. The highest BCUT2D eigenvalue weighted by Crippen LogP contribution is 2.38. The van der Waals surface area contributed by atoms with Crippen LogP contribution in [0.3, 0.4) is 0 Å². The zero-order valence-corrected chi connectivity index (χ0v) is 14.5.